The van der Waals surface area contributed by atoms with E-state index in [0.717, 1.165) is 10.4 Å². The van der Waals surface area contributed by atoms with Crippen LogP contribution in [0.1, 0.15) is 53.3 Å². The van der Waals surface area contributed by atoms with Gasteiger partial charge in [-0.05, 0) is 36.2 Å². The molecule has 0 bridgehead atoms. The molecule has 0 unspecified atom stereocenters. The van der Waals surface area contributed by atoms with Crippen molar-refractivity contribution in [2.45, 2.75) is 83.6 Å². The number of aromatic nitrogens is 2. The van der Waals surface area contributed by atoms with Crippen LogP contribution in [0.15, 0.2) is 76.4 Å². The number of fused-ring (bicyclic) bond motifs is 1. The lowest BCUT2D eigenvalue weighted by molar-refractivity contribution is -0.176. The number of aromatic amines is 1. The Morgan fingerprint density at radius 1 is 0.933 bits per heavy atom. The molecule has 5 rings (SSSR count). The standard InChI is InChI=1S/C32H43N2O9PSi/c1-8-38-44(37,39-9-2)32(7)42-26-25(41-29(27(26)43-32)34-20-22(3)28(35)33-30(34)36)21-40-45(31(4,5)6,23-16-12-10-13-17-23)24-18-14-11-15-19-24/h10-20,25-27,29H,8-9,21H2,1-7H3,(H,33,35,36)/t25-,26-,27-,29-,32+/m1/s1. The van der Waals surface area contributed by atoms with Gasteiger partial charge in [-0.3, -0.25) is 18.9 Å². The van der Waals surface area contributed by atoms with Crippen molar-refractivity contribution in [1.29, 1.82) is 0 Å². The Morgan fingerprint density at radius 2 is 1.47 bits per heavy atom. The molecule has 2 fully saturated rings. The zero-order chi connectivity index (χ0) is 32.6. The van der Waals surface area contributed by atoms with Crippen LogP contribution in [0.5, 0.6) is 0 Å². The minimum Gasteiger partial charge on any atom is -0.405 e. The van der Waals surface area contributed by atoms with Crippen molar-refractivity contribution in [3.05, 3.63) is 93.3 Å². The van der Waals surface area contributed by atoms with E-state index >= 15 is 0 Å². The fourth-order valence-corrected chi connectivity index (χ4v) is 12.6. The maximum Gasteiger partial charge on any atom is 0.389 e. The lowest BCUT2D eigenvalue weighted by atomic mass is 10.1. The molecule has 5 atom stereocenters. The third kappa shape index (κ3) is 5.99. The van der Waals surface area contributed by atoms with Gasteiger partial charge in [-0.2, -0.15) is 0 Å². The van der Waals surface area contributed by atoms with E-state index in [0.29, 0.717) is 5.56 Å². The third-order valence-electron chi connectivity index (χ3n) is 8.39. The molecule has 3 heterocycles. The molecule has 0 spiro atoms. The molecule has 45 heavy (non-hydrogen) atoms. The zero-order valence-corrected chi connectivity index (χ0v) is 28.7. The van der Waals surface area contributed by atoms with Gasteiger partial charge in [0.2, 0.25) is 0 Å². The Kier molecular flexibility index (Phi) is 9.62. The fourth-order valence-electron chi connectivity index (χ4n) is 6.35. The number of rotatable bonds is 11. The second-order valence-corrected chi connectivity index (χ2v) is 19.0. The van der Waals surface area contributed by atoms with Crippen LogP contribution >= 0.6 is 7.60 Å². The van der Waals surface area contributed by atoms with Gasteiger partial charge in [0.25, 0.3) is 19.4 Å². The molecule has 1 N–H and O–H groups in total. The number of nitrogens with zero attached hydrogens (tertiary/aromatic N) is 1. The first kappa shape index (κ1) is 33.7. The van der Waals surface area contributed by atoms with Gasteiger partial charge in [0.05, 0.1) is 19.8 Å². The van der Waals surface area contributed by atoms with Gasteiger partial charge in [-0.15, -0.1) is 0 Å². The first-order valence-corrected chi connectivity index (χ1v) is 18.7. The summed E-state index contributed by atoms with van der Waals surface area (Å²) >= 11 is 0. The maximum absolute atomic E-state index is 14.0. The van der Waals surface area contributed by atoms with Gasteiger partial charge in [0.15, 0.2) is 6.23 Å². The molecule has 3 aromatic rings. The van der Waals surface area contributed by atoms with E-state index in [4.69, 9.17) is 27.7 Å². The quantitative estimate of drug-likeness (QED) is 0.240. The summed E-state index contributed by atoms with van der Waals surface area (Å²) in [5.74, 6) is 0. The molecular formula is C32H43N2O9PSi. The van der Waals surface area contributed by atoms with Gasteiger partial charge < -0.3 is 27.7 Å². The number of benzene rings is 2. The van der Waals surface area contributed by atoms with Gasteiger partial charge in [0, 0.05) is 18.7 Å². The summed E-state index contributed by atoms with van der Waals surface area (Å²) in [5.41, 5.74) is -2.63. The van der Waals surface area contributed by atoms with Crippen LogP contribution in [0.2, 0.25) is 5.04 Å². The first-order valence-electron chi connectivity index (χ1n) is 15.3. The van der Waals surface area contributed by atoms with E-state index in [-0.39, 0.29) is 24.9 Å². The summed E-state index contributed by atoms with van der Waals surface area (Å²) < 4.78 is 53.1. The minimum absolute atomic E-state index is 0.0784. The second-order valence-electron chi connectivity index (χ2n) is 12.4. The van der Waals surface area contributed by atoms with Gasteiger partial charge >= 0.3 is 13.3 Å². The van der Waals surface area contributed by atoms with Crippen molar-refractivity contribution < 1.29 is 32.2 Å². The molecule has 11 nitrogen and oxygen atoms in total. The molecule has 2 aliphatic heterocycles. The summed E-state index contributed by atoms with van der Waals surface area (Å²) in [4.78, 5) is 27.6. The summed E-state index contributed by atoms with van der Waals surface area (Å²) in [6, 6.07) is 20.4. The number of nitrogens with one attached hydrogen (secondary N) is 1. The molecule has 1 aromatic heterocycles. The Morgan fingerprint density at radius 3 is 1.98 bits per heavy atom. The Balaban J connectivity index is 1.58. The average Bonchev–Trinajstić information content (AvgIpc) is 3.52. The Labute approximate surface area is 264 Å². The van der Waals surface area contributed by atoms with Crippen LogP contribution in [0.4, 0.5) is 0 Å². The molecule has 0 saturated carbocycles. The van der Waals surface area contributed by atoms with Crippen LogP contribution in [-0.2, 0) is 32.2 Å². The maximum atomic E-state index is 14.0. The summed E-state index contributed by atoms with van der Waals surface area (Å²) in [5, 5.41) is 1.88. The van der Waals surface area contributed by atoms with Crippen molar-refractivity contribution in [3.8, 4) is 0 Å². The van der Waals surface area contributed by atoms with Gasteiger partial charge in [-0.25, -0.2) is 4.79 Å². The zero-order valence-electron chi connectivity index (χ0n) is 26.9. The largest absolute Gasteiger partial charge is 0.405 e. The SMILES string of the molecule is CCOP(=O)(OCC)[C@]1(C)O[C@@H]2[C@H](O1)[C@@H](CO[Si](c1ccccc1)(c1ccccc1)C(C)(C)C)O[C@H]2n1cc(C)c(=O)[nH]c1=O. The van der Waals surface area contributed by atoms with Gasteiger partial charge in [-0.1, -0.05) is 81.4 Å². The van der Waals surface area contributed by atoms with E-state index in [1.807, 2.05) is 36.4 Å². The van der Waals surface area contributed by atoms with E-state index in [1.165, 1.54) is 17.7 Å². The Bertz CT molecular complexity index is 1590. The van der Waals surface area contributed by atoms with Crippen molar-refractivity contribution >= 4 is 26.3 Å². The monoisotopic (exact) mass is 658 g/mol. The van der Waals surface area contributed by atoms with Crippen molar-refractivity contribution in [2.75, 3.05) is 19.8 Å². The Hall–Kier alpha value is -2.67. The molecule has 0 amide bonds. The molecular weight excluding hydrogens is 615 g/mol. The molecule has 0 radical (unpaired) electrons. The second kappa shape index (κ2) is 12.8. The first-order chi connectivity index (χ1) is 21.3. The van der Waals surface area contributed by atoms with E-state index in [1.54, 1.807) is 20.8 Å². The van der Waals surface area contributed by atoms with Crippen LogP contribution in [-0.4, -0.2) is 61.5 Å². The molecule has 2 aliphatic rings. The number of hydrogen-bond acceptors (Lipinski definition) is 9. The lowest BCUT2D eigenvalue weighted by Crippen LogP contribution is -2.67. The summed E-state index contributed by atoms with van der Waals surface area (Å²) in [6.45, 7) is 13.4. The number of H-pyrrole nitrogens is 1. The van der Waals surface area contributed by atoms with Crippen LogP contribution < -0.4 is 21.6 Å². The summed E-state index contributed by atoms with van der Waals surface area (Å²) in [6.07, 6.45) is -2.06. The van der Waals surface area contributed by atoms with Crippen LogP contribution in [0, 0.1) is 6.92 Å². The van der Waals surface area contributed by atoms with Crippen LogP contribution in [0.3, 0.4) is 0 Å². The topological polar surface area (TPSA) is 127 Å². The van der Waals surface area contributed by atoms with Crippen LogP contribution in [0.25, 0.3) is 0 Å². The van der Waals surface area contributed by atoms with Crippen molar-refractivity contribution in [3.63, 3.8) is 0 Å². The molecule has 2 saturated heterocycles. The van der Waals surface area contributed by atoms with E-state index < -0.39 is 57.2 Å². The predicted molar refractivity (Wildman–Crippen MR) is 173 cm³/mol. The normalized spacial score (nSPS) is 25.4. The highest BCUT2D eigenvalue weighted by molar-refractivity contribution is 7.55. The van der Waals surface area contributed by atoms with Gasteiger partial charge in [0.1, 0.15) is 18.3 Å². The number of aryl methyl sites for hydroxylation is 1. The highest BCUT2D eigenvalue weighted by Gasteiger charge is 2.65. The molecule has 13 heteroatoms. The number of hydrogen-bond donors (Lipinski definition) is 1. The lowest BCUT2D eigenvalue weighted by Gasteiger charge is -2.43. The summed E-state index contributed by atoms with van der Waals surface area (Å²) in [7, 11) is -6.94. The van der Waals surface area contributed by atoms with Crippen molar-refractivity contribution in [1.82, 2.24) is 9.55 Å². The van der Waals surface area contributed by atoms with E-state index in [9.17, 15) is 14.2 Å². The predicted octanol–water partition coefficient (Wildman–Crippen LogP) is 4.04. The number of ether oxygens (including phenoxy) is 3. The minimum atomic E-state index is -3.96. The highest BCUT2D eigenvalue weighted by Crippen LogP contribution is 2.65. The third-order valence-corrected chi connectivity index (χ3v) is 15.8. The fraction of sp³-hybridized carbons (Fsp3) is 0.500. The molecule has 0 aliphatic carbocycles. The smallest absolute Gasteiger partial charge is 0.389 e. The molecule has 244 valence electrons. The average molecular weight is 659 g/mol. The molecule has 2 aromatic carbocycles. The van der Waals surface area contributed by atoms with Crippen molar-refractivity contribution in [2.24, 2.45) is 0 Å². The highest BCUT2D eigenvalue weighted by atomic mass is 31.2. The van der Waals surface area contributed by atoms with E-state index in [2.05, 4.69) is 50.0 Å².